The number of rotatable bonds is 3. The van der Waals surface area contributed by atoms with Crippen LogP contribution < -0.4 is 4.72 Å². The van der Waals surface area contributed by atoms with E-state index in [0.717, 1.165) is 18.2 Å². The van der Waals surface area contributed by atoms with Gasteiger partial charge in [0.25, 0.3) is 0 Å². The van der Waals surface area contributed by atoms with Gasteiger partial charge in [-0.15, -0.1) is 0 Å². The van der Waals surface area contributed by atoms with Gasteiger partial charge in [0.15, 0.2) is 0 Å². The van der Waals surface area contributed by atoms with Gasteiger partial charge < -0.3 is 5.11 Å². The van der Waals surface area contributed by atoms with Crippen LogP contribution in [0.25, 0.3) is 0 Å². The lowest BCUT2D eigenvalue weighted by Gasteiger charge is -2.11. The smallest absolute Gasteiger partial charge is 0.478 e. The number of alkyl halides is 3. The van der Waals surface area contributed by atoms with Crippen LogP contribution >= 0.6 is 15.9 Å². The van der Waals surface area contributed by atoms with E-state index >= 15 is 0 Å². The Labute approximate surface area is 108 Å². The van der Waals surface area contributed by atoms with E-state index < -0.39 is 27.2 Å². The summed E-state index contributed by atoms with van der Waals surface area (Å²) >= 11 is 2.87. The predicted octanol–water partition coefficient (Wildman–Crippen LogP) is 2.41. The van der Waals surface area contributed by atoms with Crippen molar-refractivity contribution in [3.05, 3.63) is 28.2 Å². The summed E-state index contributed by atoms with van der Waals surface area (Å²) in [6, 6.07) is 2.90. The molecule has 0 heterocycles. The molecule has 0 spiro atoms. The van der Waals surface area contributed by atoms with E-state index in [0.29, 0.717) is 0 Å². The minimum Gasteiger partial charge on any atom is -0.478 e. The first-order chi connectivity index (χ1) is 8.04. The molecule has 1 aromatic carbocycles. The number of aromatic carboxylic acids is 1. The Balaban J connectivity index is 3.15. The Bertz CT molecular complexity index is 584. The van der Waals surface area contributed by atoms with Gasteiger partial charge in [0, 0.05) is 10.2 Å². The van der Waals surface area contributed by atoms with Gasteiger partial charge in [0.05, 0.1) is 5.56 Å². The number of hydrogen-bond donors (Lipinski definition) is 2. The highest BCUT2D eigenvalue weighted by Crippen LogP contribution is 2.27. The second kappa shape index (κ2) is 4.76. The van der Waals surface area contributed by atoms with Crippen LogP contribution in [0.4, 0.5) is 18.9 Å². The second-order valence-corrected chi connectivity index (χ2v) is 5.58. The Morgan fingerprint density at radius 2 is 1.89 bits per heavy atom. The van der Waals surface area contributed by atoms with Crippen molar-refractivity contribution in [1.29, 1.82) is 0 Å². The minimum atomic E-state index is -5.56. The van der Waals surface area contributed by atoms with E-state index in [2.05, 4.69) is 15.9 Å². The molecule has 0 bridgehead atoms. The molecule has 5 nitrogen and oxygen atoms in total. The van der Waals surface area contributed by atoms with E-state index in [1.807, 2.05) is 0 Å². The van der Waals surface area contributed by atoms with Crippen LogP contribution in [0.1, 0.15) is 10.4 Å². The summed E-state index contributed by atoms with van der Waals surface area (Å²) in [5, 5.41) is 8.72. The summed E-state index contributed by atoms with van der Waals surface area (Å²) in [7, 11) is -5.56. The zero-order chi connectivity index (χ0) is 14.1. The first-order valence-corrected chi connectivity index (χ1v) is 6.44. The topological polar surface area (TPSA) is 83.5 Å². The van der Waals surface area contributed by atoms with Crippen LogP contribution in [0.3, 0.4) is 0 Å². The maximum Gasteiger partial charge on any atom is 0.516 e. The average molecular weight is 348 g/mol. The number of halogens is 4. The molecule has 0 radical (unpaired) electrons. The van der Waals surface area contributed by atoms with Gasteiger partial charge in [0.1, 0.15) is 0 Å². The highest BCUT2D eigenvalue weighted by atomic mass is 79.9. The largest absolute Gasteiger partial charge is 0.516 e. The van der Waals surface area contributed by atoms with Crippen molar-refractivity contribution in [2.45, 2.75) is 5.51 Å². The van der Waals surface area contributed by atoms with Crippen molar-refractivity contribution in [1.82, 2.24) is 0 Å². The molecule has 0 saturated carbocycles. The molecule has 1 aromatic rings. The molecule has 0 saturated heterocycles. The minimum absolute atomic E-state index is 0.116. The zero-order valence-corrected chi connectivity index (χ0v) is 10.7. The Morgan fingerprint density at radius 1 is 1.33 bits per heavy atom. The van der Waals surface area contributed by atoms with E-state index in [1.165, 1.54) is 4.72 Å². The number of carboxylic acid groups (broad SMARTS) is 1. The Morgan fingerprint density at radius 3 is 2.33 bits per heavy atom. The number of benzene rings is 1. The highest BCUT2D eigenvalue weighted by molar-refractivity contribution is 9.10. The molecule has 1 rings (SSSR count). The third-order valence-electron chi connectivity index (χ3n) is 1.75. The predicted molar refractivity (Wildman–Crippen MR) is 59.7 cm³/mol. The van der Waals surface area contributed by atoms with Crippen LogP contribution in [0, 0.1) is 0 Å². The summed E-state index contributed by atoms with van der Waals surface area (Å²) in [6.45, 7) is 0. The van der Waals surface area contributed by atoms with Crippen LogP contribution in [0.5, 0.6) is 0 Å². The molecule has 0 aliphatic rings. The summed E-state index contributed by atoms with van der Waals surface area (Å²) < 4.78 is 59.2. The third-order valence-corrected chi connectivity index (χ3v) is 3.56. The van der Waals surface area contributed by atoms with Crippen LogP contribution in [-0.4, -0.2) is 25.0 Å². The van der Waals surface area contributed by atoms with Gasteiger partial charge in [-0.1, -0.05) is 0 Å². The molecule has 10 heteroatoms. The lowest BCUT2D eigenvalue weighted by atomic mass is 10.2. The molecule has 0 atom stereocenters. The normalized spacial score (nSPS) is 12.2. The van der Waals surface area contributed by atoms with Crippen LogP contribution in [0.2, 0.25) is 0 Å². The fourth-order valence-corrected chi connectivity index (χ4v) is 1.93. The Hall–Kier alpha value is -1.29. The monoisotopic (exact) mass is 347 g/mol. The van der Waals surface area contributed by atoms with E-state index in [4.69, 9.17) is 5.11 Å². The maximum absolute atomic E-state index is 12.1. The van der Waals surface area contributed by atoms with Crippen molar-refractivity contribution >= 4 is 37.6 Å². The lowest BCUT2D eigenvalue weighted by molar-refractivity contribution is -0.0429. The molecule has 2 N–H and O–H groups in total. The van der Waals surface area contributed by atoms with Gasteiger partial charge in [-0.25, -0.2) is 4.79 Å². The molecule has 0 fully saturated rings. The first kappa shape index (κ1) is 14.8. The fraction of sp³-hybridized carbons (Fsp3) is 0.125. The number of hydrogen-bond acceptors (Lipinski definition) is 3. The van der Waals surface area contributed by atoms with Gasteiger partial charge in [-0.05, 0) is 34.1 Å². The molecular formula is C8H5BrF3NO4S. The molecule has 0 amide bonds. The SMILES string of the molecule is O=C(O)c1cc(NS(=O)(=O)C(F)(F)F)ccc1Br. The summed E-state index contributed by atoms with van der Waals surface area (Å²) in [4.78, 5) is 10.7. The summed E-state index contributed by atoms with van der Waals surface area (Å²) in [5.74, 6) is -1.41. The maximum atomic E-state index is 12.1. The molecule has 0 aliphatic carbocycles. The Kier molecular flexibility index (Phi) is 3.91. The lowest BCUT2D eigenvalue weighted by Crippen LogP contribution is -2.30. The number of carboxylic acids is 1. The molecule has 18 heavy (non-hydrogen) atoms. The molecule has 0 aromatic heterocycles. The molecule has 0 unspecified atom stereocenters. The highest BCUT2D eigenvalue weighted by Gasteiger charge is 2.46. The van der Waals surface area contributed by atoms with Crippen molar-refractivity contribution in [2.75, 3.05) is 4.72 Å². The van der Waals surface area contributed by atoms with Gasteiger partial charge >= 0.3 is 21.5 Å². The van der Waals surface area contributed by atoms with Gasteiger partial charge in [-0.3, -0.25) is 4.72 Å². The number of sulfonamides is 1. The first-order valence-electron chi connectivity index (χ1n) is 4.16. The van der Waals surface area contributed by atoms with E-state index in [9.17, 15) is 26.4 Å². The van der Waals surface area contributed by atoms with Crippen molar-refractivity contribution < 1.29 is 31.5 Å². The summed E-state index contributed by atoms with van der Waals surface area (Å²) in [6.07, 6.45) is 0. The fourth-order valence-electron chi connectivity index (χ4n) is 0.966. The zero-order valence-electron chi connectivity index (χ0n) is 8.32. The standard InChI is InChI=1S/C8H5BrF3NO4S/c9-6-2-1-4(3-5(6)7(14)15)13-18(16,17)8(10,11)12/h1-3,13H,(H,14,15). The second-order valence-electron chi connectivity index (χ2n) is 3.05. The van der Waals surface area contributed by atoms with Gasteiger partial charge in [0.2, 0.25) is 0 Å². The van der Waals surface area contributed by atoms with E-state index in [-0.39, 0.29) is 10.0 Å². The number of nitrogens with one attached hydrogen (secondary N) is 1. The van der Waals surface area contributed by atoms with Crippen LogP contribution in [0.15, 0.2) is 22.7 Å². The third kappa shape index (κ3) is 3.13. The number of carbonyl (C=O) groups is 1. The quantitative estimate of drug-likeness (QED) is 0.879. The average Bonchev–Trinajstić information content (AvgIpc) is 2.18. The van der Waals surface area contributed by atoms with Gasteiger partial charge in [-0.2, -0.15) is 21.6 Å². The van der Waals surface area contributed by atoms with Crippen molar-refractivity contribution in [2.24, 2.45) is 0 Å². The van der Waals surface area contributed by atoms with Crippen molar-refractivity contribution in [3.8, 4) is 0 Å². The number of anilines is 1. The molecule has 0 aliphatic heterocycles. The van der Waals surface area contributed by atoms with E-state index in [1.54, 1.807) is 0 Å². The van der Waals surface area contributed by atoms with Crippen LogP contribution in [-0.2, 0) is 10.0 Å². The summed E-state index contributed by atoms with van der Waals surface area (Å²) in [5.41, 5.74) is -6.32. The van der Waals surface area contributed by atoms with Crippen molar-refractivity contribution in [3.63, 3.8) is 0 Å². The molecular weight excluding hydrogens is 343 g/mol. The molecule has 100 valence electrons.